The van der Waals surface area contributed by atoms with Crippen LogP contribution in [0.2, 0.25) is 0 Å². The molecule has 2 N–H and O–H groups in total. The van der Waals surface area contributed by atoms with Crippen molar-refractivity contribution in [2.24, 2.45) is 0 Å². The average molecular weight is 219 g/mol. The third-order valence-corrected chi connectivity index (χ3v) is 1.11. The molecule has 0 aromatic heterocycles. The maximum absolute atomic E-state index is 5.22. The highest BCUT2D eigenvalue weighted by atomic mass is 35.5. The summed E-state index contributed by atoms with van der Waals surface area (Å²) in [5.74, 6) is 0. The van der Waals surface area contributed by atoms with Gasteiger partial charge < -0.3 is 15.4 Å². The molecule has 0 spiro atoms. The Balaban J connectivity index is -0.000000146. The summed E-state index contributed by atoms with van der Waals surface area (Å²) >= 11 is 0. The van der Waals surface area contributed by atoms with Crippen molar-refractivity contribution in [2.75, 3.05) is 33.8 Å². The van der Waals surface area contributed by atoms with E-state index in [4.69, 9.17) is 4.74 Å². The van der Waals surface area contributed by atoms with Crippen molar-refractivity contribution < 1.29 is 4.74 Å². The highest BCUT2D eigenvalue weighted by molar-refractivity contribution is 5.85. The van der Waals surface area contributed by atoms with Crippen molar-refractivity contribution in [1.29, 1.82) is 0 Å². The van der Waals surface area contributed by atoms with Crippen LogP contribution in [0, 0.1) is 0 Å². The molecule has 1 rings (SSSR count). The van der Waals surface area contributed by atoms with Crippen molar-refractivity contribution in [2.45, 2.75) is 13.0 Å². The van der Waals surface area contributed by atoms with Crippen molar-refractivity contribution in [3.8, 4) is 0 Å². The van der Waals surface area contributed by atoms with E-state index in [2.05, 4.69) is 17.6 Å². The summed E-state index contributed by atoms with van der Waals surface area (Å²) in [5.41, 5.74) is 0. The van der Waals surface area contributed by atoms with Gasteiger partial charge >= 0.3 is 0 Å². The van der Waals surface area contributed by atoms with Gasteiger partial charge in [0, 0.05) is 13.1 Å². The van der Waals surface area contributed by atoms with Gasteiger partial charge in [-0.3, -0.25) is 0 Å². The molecule has 1 aliphatic rings. The van der Waals surface area contributed by atoms with Crippen LogP contribution in [0.1, 0.15) is 6.92 Å². The third-order valence-electron chi connectivity index (χ3n) is 1.11. The van der Waals surface area contributed by atoms with E-state index in [1.807, 2.05) is 14.1 Å². The summed E-state index contributed by atoms with van der Waals surface area (Å²) in [4.78, 5) is 0. The molecular weight excluding hydrogens is 199 g/mol. The summed E-state index contributed by atoms with van der Waals surface area (Å²) < 4.78 is 5.22. The van der Waals surface area contributed by atoms with Crippen LogP contribution in [0.4, 0.5) is 0 Å². The zero-order valence-corrected chi connectivity index (χ0v) is 9.56. The molecule has 1 heterocycles. The molecule has 1 atom stereocenters. The van der Waals surface area contributed by atoms with Crippen molar-refractivity contribution in [1.82, 2.24) is 10.6 Å². The molecule has 3 nitrogen and oxygen atoms in total. The number of hydrogen-bond acceptors (Lipinski definition) is 3. The van der Waals surface area contributed by atoms with Gasteiger partial charge in [-0.1, -0.05) is 0 Å². The minimum atomic E-state index is 0. The first-order valence-corrected chi connectivity index (χ1v) is 3.72. The fraction of sp³-hybridized carbons (Fsp3) is 1.00. The molecule has 0 radical (unpaired) electrons. The second-order valence-electron chi connectivity index (χ2n) is 2.39. The minimum absolute atomic E-state index is 0. The Hall–Kier alpha value is 0.460. The molecule has 0 aromatic carbocycles. The molecule has 0 saturated carbocycles. The predicted molar refractivity (Wildman–Crippen MR) is 57.8 cm³/mol. The predicted octanol–water partition coefficient (Wildman–Crippen LogP) is 0.674. The van der Waals surface area contributed by atoms with Crippen LogP contribution in [0.25, 0.3) is 0 Å². The van der Waals surface area contributed by atoms with Crippen LogP contribution in [-0.4, -0.2) is 39.9 Å². The van der Waals surface area contributed by atoms with Crippen molar-refractivity contribution in [3.05, 3.63) is 0 Å². The van der Waals surface area contributed by atoms with Gasteiger partial charge in [0.1, 0.15) is 0 Å². The Labute approximate surface area is 87.4 Å². The summed E-state index contributed by atoms with van der Waals surface area (Å²) in [7, 11) is 3.75. The monoisotopic (exact) mass is 218 g/mol. The molecular formula is C7H20Cl2N2O. The van der Waals surface area contributed by atoms with Crippen LogP contribution >= 0.6 is 24.8 Å². The number of rotatable bonds is 0. The van der Waals surface area contributed by atoms with Crippen LogP contribution in [0.5, 0.6) is 0 Å². The molecule has 12 heavy (non-hydrogen) atoms. The minimum Gasteiger partial charge on any atom is -0.376 e. The Morgan fingerprint density at radius 2 is 1.83 bits per heavy atom. The smallest absolute Gasteiger partial charge is 0.0672 e. The lowest BCUT2D eigenvalue weighted by molar-refractivity contribution is 0.0410. The first-order chi connectivity index (χ1) is 4.81. The first kappa shape index (κ1) is 18.3. The van der Waals surface area contributed by atoms with Crippen LogP contribution in [-0.2, 0) is 4.74 Å². The Kier molecular flexibility index (Phi) is 21.3. The first-order valence-electron chi connectivity index (χ1n) is 3.72. The topological polar surface area (TPSA) is 33.3 Å². The number of nitrogens with one attached hydrogen (secondary N) is 2. The molecule has 0 aromatic rings. The van der Waals surface area contributed by atoms with Crippen molar-refractivity contribution >= 4 is 24.8 Å². The Bertz CT molecular complexity index is 70.4. The van der Waals surface area contributed by atoms with E-state index in [0.717, 1.165) is 19.7 Å². The summed E-state index contributed by atoms with van der Waals surface area (Å²) in [6, 6.07) is 0. The zero-order chi connectivity index (χ0) is 7.82. The van der Waals surface area contributed by atoms with E-state index >= 15 is 0 Å². The fourth-order valence-electron chi connectivity index (χ4n) is 0.697. The summed E-state index contributed by atoms with van der Waals surface area (Å²) in [5, 5.41) is 5.96. The largest absolute Gasteiger partial charge is 0.376 e. The Morgan fingerprint density at radius 1 is 1.33 bits per heavy atom. The molecule has 78 valence electrons. The molecule has 1 saturated heterocycles. The average Bonchev–Trinajstić information content (AvgIpc) is 1.91. The lowest BCUT2D eigenvalue weighted by atomic mass is 10.3. The van der Waals surface area contributed by atoms with Gasteiger partial charge in [0.15, 0.2) is 0 Å². The quantitative estimate of drug-likeness (QED) is 0.628. The van der Waals surface area contributed by atoms with Crippen LogP contribution < -0.4 is 10.6 Å². The van der Waals surface area contributed by atoms with E-state index in [9.17, 15) is 0 Å². The van der Waals surface area contributed by atoms with E-state index in [0.29, 0.717) is 6.10 Å². The normalized spacial score (nSPS) is 20.8. The fourth-order valence-corrected chi connectivity index (χ4v) is 0.697. The Morgan fingerprint density at radius 3 is 2.00 bits per heavy atom. The SMILES string of the molecule is CC1CNCCO1.CNC.Cl.Cl. The van der Waals surface area contributed by atoms with Gasteiger partial charge in [0.25, 0.3) is 0 Å². The molecule has 0 aliphatic carbocycles. The molecule has 1 unspecified atom stereocenters. The lowest BCUT2D eigenvalue weighted by Crippen LogP contribution is -2.36. The lowest BCUT2D eigenvalue weighted by Gasteiger charge is -2.18. The second-order valence-corrected chi connectivity index (χ2v) is 2.39. The molecule has 1 aliphatic heterocycles. The molecule has 5 heteroatoms. The summed E-state index contributed by atoms with van der Waals surface area (Å²) in [6.07, 6.45) is 0.425. The van der Waals surface area contributed by atoms with E-state index in [1.54, 1.807) is 0 Å². The number of hydrogen-bond donors (Lipinski definition) is 2. The highest BCUT2D eigenvalue weighted by Gasteiger charge is 2.04. The van der Waals surface area contributed by atoms with E-state index in [-0.39, 0.29) is 24.8 Å². The van der Waals surface area contributed by atoms with E-state index in [1.165, 1.54) is 0 Å². The number of morpholine rings is 1. The van der Waals surface area contributed by atoms with Gasteiger partial charge in [-0.05, 0) is 21.0 Å². The van der Waals surface area contributed by atoms with Gasteiger partial charge in [0.2, 0.25) is 0 Å². The van der Waals surface area contributed by atoms with Gasteiger partial charge in [0.05, 0.1) is 12.7 Å². The van der Waals surface area contributed by atoms with Gasteiger partial charge in [-0.25, -0.2) is 0 Å². The third kappa shape index (κ3) is 13.1. The number of ether oxygens (including phenoxy) is 1. The standard InChI is InChI=1S/C5H11NO.C2H7N.2ClH/c1-5-4-6-2-3-7-5;1-3-2;;/h5-6H,2-4H2,1H3;3H,1-2H3;2*1H. The van der Waals surface area contributed by atoms with E-state index < -0.39 is 0 Å². The molecule has 0 bridgehead atoms. The van der Waals surface area contributed by atoms with Crippen LogP contribution in [0.15, 0.2) is 0 Å². The number of halogens is 2. The zero-order valence-electron chi connectivity index (χ0n) is 7.92. The summed E-state index contributed by atoms with van der Waals surface area (Å²) in [6.45, 7) is 4.98. The molecule has 0 amide bonds. The molecule has 1 fully saturated rings. The van der Waals surface area contributed by atoms with Gasteiger partial charge in [-0.15, -0.1) is 24.8 Å². The van der Waals surface area contributed by atoms with Crippen LogP contribution in [0.3, 0.4) is 0 Å². The van der Waals surface area contributed by atoms with Gasteiger partial charge in [-0.2, -0.15) is 0 Å². The maximum Gasteiger partial charge on any atom is 0.0672 e. The van der Waals surface area contributed by atoms with Crippen molar-refractivity contribution in [3.63, 3.8) is 0 Å². The maximum atomic E-state index is 5.22. The highest BCUT2D eigenvalue weighted by Crippen LogP contribution is 1.91. The second kappa shape index (κ2) is 14.0.